The largest absolute Gasteiger partial charge is 0.383 e. The van der Waals surface area contributed by atoms with Gasteiger partial charge in [-0.2, -0.15) is 0 Å². The molecule has 5 heteroatoms. The van der Waals surface area contributed by atoms with E-state index in [4.69, 9.17) is 16.3 Å². The molecule has 0 radical (unpaired) electrons. The molecule has 0 spiro atoms. The lowest BCUT2D eigenvalue weighted by atomic mass is 10.3. The summed E-state index contributed by atoms with van der Waals surface area (Å²) in [6.07, 6.45) is 0.962. The number of carbonyl (C=O) groups is 1. The molecule has 0 N–H and O–H groups in total. The van der Waals surface area contributed by atoms with E-state index in [1.54, 1.807) is 30.4 Å². The Hall–Kier alpha value is -0.580. The van der Waals surface area contributed by atoms with Crippen molar-refractivity contribution < 1.29 is 9.53 Å². The summed E-state index contributed by atoms with van der Waals surface area (Å²) in [5.74, 6) is 0.0245. The number of aryl methyl sites for hydroxylation is 1. The van der Waals surface area contributed by atoms with E-state index in [1.807, 2.05) is 12.1 Å². The van der Waals surface area contributed by atoms with Crippen LogP contribution in [0.5, 0.6) is 0 Å². The first-order chi connectivity index (χ1) is 8.08. The zero-order valence-corrected chi connectivity index (χ0v) is 12.0. The van der Waals surface area contributed by atoms with Crippen LogP contribution < -0.4 is 0 Å². The fourth-order valence-electron chi connectivity index (χ4n) is 1.48. The van der Waals surface area contributed by atoms with Gasteiger partial charge in [-0.15, -0.1) is 22.9 Å². The number of halogens is 1. The number of methoxy groups -OCH3 is 1. The van der Waals surface area contributed by atoms with Crippen LogP contribution in [0.3, 0.4) is 0 Å². The van der Waals surface area contributed by atoms with Gasteiger partial charge in [0.25, 0.3) is 5.91 Å². The van der Waals surface area contributed by atoms with Crippen molar-refractivity contribution in [3.05, 3.63) is 21.9 Å². The van der Waals surface area contributed by atoms with Crippen LogP contribution >= 0.6 is 22.9 Å². The molecule has 0 saturated carbocycles. The summed E-state index contributed by atoms with van der Waals surface area (Å²) in [7, 11) is 3.36. The predicted octanol–water partition coefficient (Wildman–Crippen LogP) is 2.64. The van der Waals surface area contributed by atoms with Gasteiger partial charge >= 0.3 is 0 Å². The third kappa shape index (κ3) is 4.30. The lowest BCUT2D eigenvalue weighted by Gasteiger charge is -2.19. The third-order valence-electron chi connectivity index (χ3n) is 2.39. The maximum Gasteiger partial charge on any atom is 0.263 e. The molecule has 0 aromatic carbocycles. The van der Waals surface area contributed by atoms with Gasteiger partial charge in [-0.05, 0) is 18.6 Å². The van der Waals surface area contributed by atoms with Crippen LogP contribution in [0.4, 0.5) is 0 Å². The molecule has 96 valence electrons. The highest BCUT2D eigenvalue weighted by Gasteiger charge is 2.16. The number of amides is 1. The topological polar surface area (TPSA) is 29.5 Å². The van der Waals surface area contributed by atoms with E-state index in [0.717, 1.165) is 11.3 Å². The summed E-state index contributed by atoms with van der Waals surface area (Å²) in [4.78, 5) is 15.7. The zero-order chi connectivity index (χ0) is 12.8. The molecular weight excluding hydrogens is 258 g/mol. The highest BCUT2D eigenvalue weighted by Crippen LogP contribution is 2.18. The second kappa shape index (κ2) is 6.99. The second-order valence-corrected chi connectivity index (χ2v) is 5.64. The van der Waals surface area contributed by atoms with E-state index in [9.17, 15) is 4.79 Å². The molecule has 1 aromatic rings. The molecule has 0 aliphatic carbocycles. The average Bonchev–Trinajstić information content (AvgIpc) is 2.76. The van der Waals surface area contributed by atoms with E-state index in [1.165, 1.54) is 4.88 Å². The van der Waals surface area contributed by atoms with E-state index in [0.29, 0.717) is 13.2 Å². The van der Waals surface area contributed by atoms with Crippen molar-refractivity contribution >= 4 is 28.8 Å². The third-order valence-corrected chi connectivity index (χ3v) is 3.87. The van der Waals surface area contributed by atoms with Crippen molar-refractivity contribution in [1.29, 1.82) is 0 Å². The molecule has 0 bridgehead atoms. The first kappa shape index (κ1) is 14.5. The van der Waals surface area contributed by atoms with Crippen LogP contribution in [0.1, 0.15) is 21.5 Å². The highest BCUT2D eigenvalue weighted by molar-refractivity contribution is 7.14. The Labute approximate surface area is 111 Å². The van der Waals surface area contributed by atoms with Crippen LogP contribution in [0.2, 0.25) is 0 Å². The number of nitrogens with zero attached hydrogens (tertiary/aromatic N) is 1. The van der Waals surface area contributed by atoms with Gasteiger partial charge in [0.15, 0.2) is 0 Å². The Bertz CT molecular complexity index is 367. The Balaban J connectivity index is 2.57. The standard InChI is InChI=1S/C12H18ClNO2S/c1-4-10-5-6-11(17-10)12(15)14(2)7-9(13)8-16-3/h5-6,9H,4,7-8H2,1-3H3. The van der Waals surface area contributed by atoms with Gasteiger partial charge in [0.05, 0.1) is 16.9 Å². The highest BCUT2D eigenvalue weighted by atomic mass is 35.5. The van der Waals surface area contributed by atoms with Gasteiger partial charge in [-0.3, -0.25) is 4.79 Å². The number of thiophene rings is 1. The summed E-state index contributed by atoms with van der Waals surface area (Å²) in [5.41, 5.74) is 0. The Morgan fingerprint density at radius 2 is 2.29 bits per heavy atom. The van der Waals surface area contributed by atoms with Gasteiger partial charge in [0, 0.05) is 25.6 Å². The van der Waals surface area contributed by atoms with Gasteiger partial charge < -0.3 is 9.64 Å². The number of hydrogen-bond donors (Lipinski definition) is 0. The number of ether oxygens (including phenoxy) is 1. The summed E-state index contributed by atoms with van der Waals surface area (Å²) in [6.45, 7) is 3.02. The fraction of sp³-hybridized carbons (Fsp3) is 0.583. The van der Waals surface area contributed by atoms with Crippen molar-refractivity contribution in [1.82, 2.24) is 4.90 Å². The second-order valence-electron chi connectivity index (χ2n) is 3.86. The van der Waals surface area contributed by atoms with Crippen molar-refractivity contribution in [2.24, 2.45) is 0 Å². The number of alkyl halides is 1. The molecule has 1 aromatic heterocycles. The van der Waals surface area contributed by atoms with E-state index in [2.05, 4.69) is 6.92 Å². The minimum absolute atomic E-state index is 0.0245. The van der Waals surface area contributed by atoms with Gasteiger partial charge in [-0.25, -0.2) is 0 Å². The van der Waals surface area contributed by atoms with E-state index < -0.39 is 0 Å². The Kier molecular flexibility index (Phi) is 5.95. The summed E-state index contributed by atoms with van der Waals surface area (Å²) >= 11 is 7.57. The van der Waals surface area contributed by atoms with Crippen molar-refractivity contribution in [2.45, 2.75) is 18.7 Å². The predicted molar refractivity (Wildman–Crippen MR) is 72.2 cm³/mol. The quantitative estimate of drug-likeness (QED) is 0.747. The SMILES string of the molecule is CCc1ccc(C(=O)N(C)CC(Cl)COC)s1. The molecule has 0 aliphatic heterocycles. The summed E-state index contributed by atoms with van der Waals surface area (Å²) in [5, 5.41) is -0.167. The first-order valence-corrected chi connectivity index (χ1v) is 6.81. The van der Waals surface area contributed by atoms with Crippen LogP contribution in [-0.4, -0.2) is 43.5 Å². The van der Waals surface area contributed by atoms with Crippen molar-refractivity contribution in [3.63, 3.8) is 0 Å². The number of rotatable bonds is 6. The molecule has 17 heavy (non-hydrogen) atoms. The minimum atomic E-state index is -0.167. The number of carbonyl (C=O) groups excluding carboxylic acids is 1. The molecule has 1 heterocycles. The minimum Gasteiger partial charge on any atom is -0.383 e. The van der Waals surface area contributed by atoms with E-state index >= 15 is 0 Å². The molecule has 0 fully saturated rings. The summed E-state index contributed by atoms with van der Waals surface area (Å²) in [6, 6.07) is 3.88. The fourth-order valence-corrected chi connectivity index (χ4v) is 2.76. The van der Waals surface area contributed by atoms with E-state index in [-0.39, 0.29) is 11.3 Å². The maximum absolute atomic E-state index is 12.1. The lowest BCUT2D eigenvalue weighted by molar-refractivity contribution is 0.0786. The first-order valence-electron chi connectivity index (χ1n) is 5.55. The van der Waals surface area contributed by atoms with Gasteiger partial charge in [0.2, 0.25) is 0 Å². The molecule has 3 nitrogen and oxygen atoms in total. The normalized spacial score (nSPS) is 12.5. The zero-order valence-electron chi connectivity index (χ0n) is 10.4. The molecule has 1 rings (SSSR count). The van der Waals surface area contributed by atoms with Crippen LogP contribution in [-0.2, 0) is 11.2 Å². The van der Waals surface area contributed by atoms with Crippen LogP contribution in [0.25, 0.3) is 0 Å². The van der Waals surface area contributed by atoms with Gasteiger partial charge in [0.1, 0.15) is 0 Å². The summed E-state index contributed by atoms with van der Waals surface area (Å²) < 4.78 is 4.94. The molecular formula is C12H18ClNO2S. The van der Waals surface area contributed by atoms with Gasteiger partial charge in [-0.1, -0.05) is 6.92 Å². The van der Waals surface area contributed by atoms with Crippen LogP contribution in [0.15, 0.2) is 12.1 Å². The maximum atomic E-state index is 12.1. The Morgan fingerprint density at radius 1 is 1.59 bits per heavy atom. The molecule has 0 aliphatic rings. The lowest BCUT2D eigenvalue weighted by Crippen LogP contribution is -2.33. The van der Waals surface area contributed by atoms with Crippen molar-refractivity contribution in [2.75, 3.05) is 27.3 Å². The Morgan fingerprint density at radius 3 is 2.82 bits per heavy atom. The molecule has 1 atom stereocenters. The number of hydrogen-bond acceptors (Lipinski definition) is 3. The smallest absolute Gasteiger partial charge is 0.263 e. The molecule has 1 unspecified atom stereocenters. The average molecular weight is 276 g/mol. The van der Waals surface area contributed by atoms with Crippen LogP contribution in [0, 0.1) is 0 Å². The molecule has 0 saturated heterocycles. The molecule has 1 amide bonds. The van der Waals surface area contributed by atoms with Crippen molar-refractivity contribution in [3.8, 4) is 0 Å². The monoisotopic (exact) mass is 275 g/mol.